The zero-order chi connectivity index (χ0) is 18.3. The van der Waals surface area contributed by atoms with Gasteiger partial charge in [-0.15, -0.1) is 0 Å². The SMILES string of the molecule is COc1ccc(C(=O)NC(=N)N)cc1-n1cccc1.CS(=O)(=O)O. The number of nitrogens with two attached hydrogens (primary N) is 1. The van der Waals surface area contributed by atoms with Gasteiger partial charge in [-0.1, -0.05) is 0 Å². The Bertz CT molecular complexity index is 808. The van der Waals surface area contributed by atoms with Crippen LogP contribution in [0.25, 0.3) is 5.69 Å². The van der Waals surface area contributed by atoms with E-state index in [1.54, 1.807) is 25.3 Å². The van der Waals surface area contributed by atoms with E-state index in [0.29, 0.717) is 17.6 Å². The molecule has 10 heteroatoms. The van der Waals surface area contributed by atoms with E-state index >= 15 is 0 Å². The van der Waals surface area contributed by atoms with Gasteiger partial charge < -0.3 is 15.0 Å². The van der Waals surface area contributed by atoms with Crippen molar-refractivity contribution in [3.05, 3.63) is 48.3 Å². The summed E-state index contributed by atoms with van der Waals surface area (Å²) in [6, 6.07) is 8.75. The predicted octanol–water partition coefficient (Wildman–Crippen LogP) is 0.613. The quantitative estimate of drug-likeness (QED) is 0.361. The lowest BCUT2D eigenvalue weighted by Gasteiger charge is -2.11. The van der Waals surface area contributed by atoms with E-state index in [1.807, 2.05) is 29.1 Å². The lowest BCUT2D eigenvalue weighted by molar-refractivity contribution is 0.0976. The van der Waals surface area contributed by atoms with E-state index in [0.717, 1.165) is 5.69 Å². The van der Waals surface area contributed by atoms with Crippen LogP contribution in [0.2, 0.25) is 0 Å². The fourth-order valence-corrected chi connectivity index (χ4v) is 1.72. The molecule has 130 valence electrons. The highest BCUT2D eigenvalue weighted by Crippen LogP contribution is 2.24. The largest absolute Gasteiger partial charge is 0.495 e. The Balaban J connectivity index is 0.000000505. The molecule has 0 fully saturated rings. The number of amides is 1. The Morgan fingerprint density at radius 2 is 1.88 bits per heavy atom. The first-order chi connectivity index (χ1) is 11.1. The number of nitrogens with one attached hydrogen (secondary N) is 2. The van der Waals surface area contributed by atoms with Crippen molar-refractivity contribution >= 4 is 22.0 Å². The van der Waals surface area contributed by atoms with E-state index in [1.165, 1.54) is 0 Å². The summed E-state index contributed by atoms with van der Waals surface area (Å²) in [5.41, 5.74) is 6.28. The third-order valence-corrected chi connectivity index (χ3v) is 2.57. The number of benzene rings is 1. The fourth-order valence-electron chi connectivity index (χ4n) is 1.72. The molecule has 1 amide bonds. The summed E-state index contributed by atoms with van der Waals surface area (Å²) in [7, 11) is -2.10. The Morgan fingerprint density at radius 1 is 1.33 bits per heavy atom. The zero-order valence-corrected chi connectivity index (χ0v) is 13.9. The Kier molecular flexibility index (Phi) is 6.50. The standard InChI is InChI=1S/C13H14N4O2.CH4O3S/c1-19-11-5-4-9(12(18)16-13(14)15)8-10(11)17-6-2-3-7-17;1-5(2,3)4/h2-8H,1H3,(H4,14,15,16,18);1H3,(H,2,3,4). The van der Waals surface area contributed by atoms with Crippen LogP contribution in [-0.2, 0) is 10.1 Å². The normalized spacial score (nSPS) is 10.3. The molecule has 2 aromatic rings. The van der Waals surface area contributed by atoms with Crippen LogP contribution < -0.4 is 15.8 Å². The predicted molar refractivity (Wildman–Crippen MR) is 89.2 cm³/mol. The maximum Gasteiger partial charge on any atom is 0.261 e. The molecule has 24 heavy (non-hydrogen) atoms. The third kappa shape index (κ3) is 6.50. The van der Waals surface area contributed by atoms with E-state index in [4.69, 9.17) is 20.4 Å². The first kappa shape index (κ1) is 19.2. The number of carbonyl (C=O) groups is 1. The summed E-state index contributed by atoms with van der Waals surface area (Å²) < 4.78 is 33.0. The number of aromatic nitrogens is 1. The Hall–Kier alpha value is -2.85. The maximum atomic E-state index is 11.8. The highest BCUT2D eigenvalue weighted by Gasteiger charge is 2.11. The molecule has 0 atom stereocenters. The summed E-state index contributed by atoms with van der Waals surface area (Å²) in [5.74, 6) is -0.164. The molecule has 0 saturated heterocycles. The minimum atomic E-state index is -3.67. The van der Waals surface area contributed by atoms with Crippen LogP contribution in [0.15, 0.2) is 42.7 Å². The van der Waals surface area contributed by atoms with Crippen molar-refractivity contribution in [1.82, 2.24) is 9.88 Å². The lowest BCUT2D eigenvalue weighted by atomic mass is 10.1. The fraction of sp³-hybridized carbons (Fsp3) is 0.143. The summed E-state index contributed by atoms with van der Waals surface area (Å²) in [4.78, 5) is 11.8. The van der Waals surface area contributed by atoms with Gasteiger partial charge in [-0.3, -0.25) is 20.1 Å². The van der Waals surface area contributed by atoms with Gasteiger partial charge in [0.2, 0.25) is 0 Å². The molecule has 1 aromatic carbocycles. The van der Waals surface area contributed by atoms with Crippen molar-refractivity contribution in [3.8, 4) is 11.4 Å². The van der Waals surface area contributed by atoms with Crippen LogP contribution in [0, 0.1) is 5.41 Å². The van der Waals surface area contributed by atoms with Crippen molar-refractivity contribution in [1.29, 1.82) is 5.41 Å². The highest BCUT2D eigenvalue weighted by molar-refractivity contribution is 7.85. The third-order valence-electron chi connectivity index (χ3n) is 2.57. The van der Waals surface area contributed by atoms with Gasteiger partial charge in [-0.25, -0.2) is 0 Å². The molecule has 0 aliphatic carbocycles. The van der Waals surface area contributed by atoms with Gasteiger partial charge in [-0.2, -0.15) is 8.42 Å². The molecule has 0 radical (unpaired) electrons. The van der Waals surface area contributed by atoms with Crippen LogP contribution in [0.5, 0.6) is 5.75 Å². The van der Waals surface area contributed by atoms with Gasteiger partial charge in [-0.05, 0) is 30.3 Å². The molecule has 0 unspecified atom stereocenters. The van der Waals surface area contributed by atoms with E-state index < -0.39 is 16.0 Å². The first-order valence-electron chi connectivity index (χ1n) is 6.51. The Morgan fingerprint density at radius 3 is 2.33 bits per heavy atom. The van der Waals surface area contributed by atoms with Crippen molar-refractivity contribution in [2.45, 2.75) is 0 Å². The molecule has 0 saturated carbocycles. The molecule has 2 rings (SSSR count). The highest BCUT2D eigenvalue weighted by atomic mass is 32.2. The summed E-state index contributed by atoms with van der Waals surface area (Å²) in [6.07, 6.45) is 4.42. The number of ether oxygens (including phenoxy) is 1. The van der Waals surface area contributed by atoms with Gasteiger partial charge in [0, 0.05) is 18.0 Å². The maximum absolute atomic E-state index is 11.8. The van der Waals surface area contributed by atoms with Crippen molar-refractivity contribution in [3.63, 3.8) is 0 Å². The lowest BCUT2D eigenvalue weighted by Crippen LogP contribution is -2.35. The second kappa shape index (κ2) is 8.13. The molecule has 0 bridgehead atoms. The second-order valence-corrected chi connectivity index (χ2v) is 6.04. The number of carbonyl (C=O) groups excluding carboxylic acids is 1. The molecule has 0 aliphatic rings. The van der Waals surface area contributed by atoms with E-state index in [2.05, 4.69) is 5.32 Å². The van der Waals surface area contributed by atoms with Crippen molar-refractivity contribution in [2.75, 3.05) is 13.4 Å². The molecule has 1 aromatic heterocycles. The summed E-state index contributed by atoms with van der Waals surface area (Å²) in [6.45, 7) is 0. The monoisotopic (exact) mass is 354 g/mol. The number of methoxy groups -OCH3 is 1. The van der Waals surface area contributed by atoms with Gasteiger partial charge in [0.05, 0.1) is 19.1 Å². The minimum absolute atomic E-state index is 0.386. The van der Waals surface area contributed by atoms with Crippen LogP contribution in [0.4, 0.5) is 0 Å². The smallest absolute Gasteiger partial charge is 0.261 e. The average molecular weight is 354 g/mol. The number of rotatable bonds is 3. The van der Waals surface area contributed by atoms with Crippen LogP contribution >= 0.6 is 0 Å². The molecule has 9 nitrogen and oxygen atoms in total. The van der Waals surface area contributed by atoms with Gasteiger partial charge in [0.25, 0.3) is 16.0 Å². The van der Waals surface area contributed by atoms with Gasteiger partial charge >= 0.3 is 0 Å². The van der Waals surface area contributed by atoms with Crippen molar-refractivity contribution in [2.24, 2.45) is 5.73 Å². The summed E-state index contributed by atoms with van der Waals surface area (Å²) in [5, 5.41) is 9.30. The molecular formula is C14H18N4O5S. The minimum Gasteiger partial charge on any atom is -0.495 e. The molecule has 5 N–H and O–H groups in total. The van der Waals surface area contributed by atoms with E-state index in [9.17, 15) is 13.2 Å². The summed E-state index contributed by atoms with van der Waals surface area (Å²) >= 11 is 0. The number of nitrogens with zero attached hydrogens (tertiary/aromatic N) is 1. The molecule has 0 spiro atoms. The van der Waals surface area contributed by atoms with E-state index in [-0.39, 0.29) is 5.96 Å². The van der Waals surface area contributed by atoms with Gasteiger partial charge in [0.1, 0.15) is 5.75 Å². The molecular weight excluding hydrogens is 336 g/mol. The number of hydrogen-bond donors (Lipinski definition) is 4. The van der Waals surface area contributed by atoms with Crippen molar-refractivity contribution < 1.29 is 22.5 Å². The topological polar surface area (TPSA) is 147 Å². The van der Waals surface area contributed by atoms with Crippen LogP contribution in [-0.4, -0.2) is 42.8 Å². The van der Waals surface area contributed by atoms with Crippen LogP contribution in [0.3, 0.4) is 0 Å². The molecule has 0 aliphatic heterocycles. The average Bonchev–Trinajstić information content (AvgIpc) is 2.98. The zero-order valence-electron chi connectivity index (χ0n) is 13.1. The molecule has 1 heterocycles. The number of hydrogen-bond acceptors (Lipinski definition) is 5. The second-order valence-electron chi connectivity index (χ2n) is 4.58. The van der Waals surface area contributed by atoms with Crippen LogP contribution in [0.1, 0.15) is 10.4 Å². The Labute approximate surface area is 139 Å². The first-order valence-corrected chi connectivity index (χ1v) is 8.36. The van der Waals surface area contributed by atoms with Gasteiger partial charge in [0.15, 0.2) is 5.96 Å². The number of guanidine groups is 1.